The summed E-state index contributed by atoms with van der Waals surface area (Å²) in [6.45, 7) is 13.4. The van der Waals surface area contributed by atoms with E-state index in [2.05, 4.69) is 25.6 Å². The fourth-order valence-electron chi connectivity index (χ4n) is 3.06. The highest BCUT2D eigenvalue weighted by molar-refractivity contribution is 5.83. The van der Waals surface area contributed by atoms with E-state index in [0.29, 0.717) is 5.52 Å². The average Bonchev–Trinajstić information content (AvgIpc) is 2.89. The van der Waals surface area contributed by atoms with Gasteiger partial charge in [0.15, 0.2) is 16.7 Å². The van der Waals surface area contributed by atoms with Crippen LogP contribution in [0.3, 0.4) is 0 Å². The Hall–Kier alpha value is -2.81. The molecule has 0 aliphatic carbocycles. The van der Waals surface area contributed by atoms with Crippen LogP contribution in [0.5, 0.6) is 0 Å². The molecule has 0 aliphatic heterocycles. The lowest BCUT2D eigenvalue weighted by Gasteiger charge is -2.19. The maximum absolute atomic E-state index is 13.5. The third-order valence-corrected chi connectivity index (χ3v) is 4.40. The first-order chi connectivity index (χ1) is 12.0. The van der Waals surface area contributed by atoms with Crippen molar-refractivity contribution >= 4 is 16.7 Å². The summed E-state index contributed by atoms with van der Waals surface area (Å²) in [5.74, 6) is 0. The van der Waals surface area contributed by atoms with Crippen LogP contribution in [0.15, 0.2) is 42.7 Å². The van der Waals surface area contributed by atoms with Gasteiger partial charge in [0.05, 0.1) is 19.2 Å². The number of aromatic nitrogens is 2. The number of imidazole rings is 1. The van der Waals surface area contributed by atoms with Crippen LogP contribution in [0.25, 0.3) is 21.6 Å². The molecule has 6 heteroatoms. The normalized spacial score (nSPS) is 12.4. The van der Waals surface area contributed by atoms with Crippen LogP contribution in [-0.4, -0.2) is 4.57 Å². The molecule has 0 saturated carbocycles. The first kappa shape index (κ1) is 18.0. The van der Waals surface area contributed by atoms with Crippen molar-refractivity contribution in [2.45, 2.75) is 32.4 Å². The molecule has 0 unspecified atom stereocenters. The molecular formula is C20H19F3N3+. The Morgan fingerprint density at radius 3 is 2.35 bits per heavy atom. The van der Waals surface area contributed by atoms with Gasteiger partial charge in [-0.05, 0) is 35.2 Å². The number of hydrogen-bond acceptors (Lipinski definition) is 0. The molecule has 0 aliphatic rings. The van der Waals surface area contributed by atoms with Crippen LogP contribution in [-0.2, 0) is 18.6 Å². The highest BCUT2D eigenvalue weighted by atomic mass is 19.4. The van der Waals surface area contributed by atoms with Gasteiger partial charge in [-0.15, -0.1) is 0 Å². The van der Waals surface area contributed by atoms with Gasteiger partial charge >= 0.3 is 6.18 Å². The lowest BCUT2D eigenvalue weighted by molar-refractivity contribution is -0.646. The summed E-state index contributed by atoms with van der Waals surface area (Å²) >= 11 is 0. The van der Waals surface area contributed by atoms with E-state index in [-0.39, 0.29) is 16.6 Å². The Bertz CT molecular complexity index is 1030. The molecule has 1 aromatic heterocycles. The summed E-state index contributed by atoms with van der Waals surface area (Å²) in [4.78, 5) is 3.22. The van der Waals surface area contributed by atoms with Gasteiger partial charge in [0.1, 0.15) is 5.69 Å². The number of nitrogens with zero attached hydrogens (tertiary/aromatic N) is 3. The van der Waals surface area contributed by atoms with E-state index in [1.165, 1.54) is 10.6 Å². The SMILES string of the molecule is [C-]#[N+]c1cc(C(F)(F)F)c2c(c1)n(-c1cccc(C(C)(C)C)c1)c[n+]2C. The van der Waals surface area contributed by atoms with Gasteiger partial charge in [0.2, 0.25) is 6.33 Å². The van der Waals surface area contributed by atoms with E-state index in [9.17, 15) is 13.2 Å². The predicted molar refractivity (Wildman–Crippen MR) is 94.4 cm³/mol. The first-order valence-electron chi connectivity index (χ1n) is 8.12. The molecule has 0 atom stereocenters. The number of halogens is 3. The molecule has 0 fully saturated rings. The van der Waals surface area contributed by atoms with Gasteiger partial charge in [-0.3, -0.25) is 0 Å². The number of fused-ring (bicyclic) bond motifs is 1. The molecule has 0 N–H and O–H groups in total. The topological polar surface area (TPSA) is 13.2 Å². The van der Waals surface area contributed by atoms with Crippen molar-refractivity contribution in [1.82, 2.24) is 4.57 Å². The highest BCUT2D eigenvalue weighted by Gasteiger charge is 2.37. The van der Waals surface area contributed by atoms with Gasteiger partial charge < -0.3 is 0 Å². The maximum Gasteiger partial charge on any atom is 0.419 e. The quantitative estimate of drug-likeness (QED) is 0.412. The molecule has 26 heavy (non-hydrogen) atoms. The Morgan fingerprint density at radius 2 is 1.77 bits per heavy atom. The van der Waals surface area contributed by atoms with Crippen molar-refractivity contribution < 1.29 is 17.7 Å². The van der Waals surface area contributed by atoms with Crippen LogP contribution in [0.1, 0.15) is 31.9 Å². The second-order valence-corrected chi connectivity index (χ2v) is 7.37. The Labute approximate surface area is 150 Å². The molecule has 3 aromatic rings. The largest absolute Gasteiger partial charge is 0.419 e. The Balaban J connectivity index is 2.35. The molecule has 0 spiro atoms. The third kappa shape index (κ3) is 3.05. The molecule has 0 saturated heterocycles. The molecule has 134 valence electrons. The molecule has 0 amide bonds. The maximum atomic E-state index is 13.5. The third-order valence-electron chi connectivity index (χ3n) is 4.40. The average molecular weight is 358 g/mol. The zero-order chi connectivity index (χ0) is 19.3. The predicted octanol–water partition coefficient (Wildman–Crippen LogP) is 5.32. The Morgan fingerprint density at radius 1 is 1.08 bits per heavy atom. The van der Waals surface area contributed by atoms with Crippen molar-refractivity contribution in [2.75, 3.05) is 0 Å². The van der Waals surface area contributed by atoms with Crippen LogP contribution in [0.2, 0.25) is 0 Å². The number of rotatable bonds is 1. The fraction of sp³-hybridized carbons (Fsp3) is 0.300. The molecule has 0 bridgehead atoms. The number of benzene rings is 2. The summed E-state index contributed by atoms with van der Waals surface area (Å²) in [6.07, 6.45) is -2.91. The van der Waals surface area contributed by atoms with Gasteiger partial charge in [0, 0.05) is 0 Å². The first-order valence-corrected chi connectivity index (χ1v) is 8.12. The lowest BCUT2D eigenvalue weighted by Crippen LogP contribution is -2.28. The van der Waals surface area contributed by atoms with E-state index >= 15 is 0 Å². The number of hydrogen-bond donors (Lipinski definition) is 0. The zero-order valence-corrected chi connectivity index (χ0v) is 15.0. The van der Waals surface area contributed by atoms with Crippen LogP contribution in [0.4, 0.5) is 18.9 Å². The van der Waals surface area contributed by atoms with Crippen molar-refractivity contribution in [3.05, 3.63) is 65.3 Å². The van der Waals surface area contributed by atoms with Gasteiger partial charge in [-0.2, -0.15) is 17.7 Å². The van der Waals surface area contributed by atoms with Gasteiger partial charge in [-0.1, -0.05) is 32.9 Å². The zero-order valence-electron chi connectivity index (χ0n) is 15.0. The van der Waals surface area contributed by atoms with Crippen molar-refractivity contribution in [1.29, 1.82) is 0 Å². The second kappa shape index (κ2) is 5.87. The summed E-state index contributed by atoms with van der Waals surface area (Å²) < 4.78 is 43.7. The van der Waals surface area contributed by atoms with E-state index in [1.54, 1.807) is 17.9 Å². The minimum Gasteiger partial charge on any atom is -0.238 e. The molecule has 2 aromatic carbocycles. The molecule has 0 radical (unpaired) electrons. The number of alkyl halides is 3. The second-order valence-electron chi connectivity index (χ2n) is 7.37. The summed E-state index contributed by atoms with van der Waals surface area (Å²) in [5, 5.41) is 0. The van der Waals surface area contributed by atoms with E-state index < -0.39 is 11.7 Å². The summed E-state index contributed by atoms with van der Waals surface area (Å²) in [6, 6.07) is 10.1. The summed E-state index contributed by atoms with van der Waals surface area (Å²) in [5.41, 5.74) is 1.35. The van der Waals surface area contributed by atoms with E-state index in [1.807, 2.05) is 24.3 Å². The van der Waals surface area contributed by atoms with Crippen LogP contribution in [0, 0.1) is 6.57 Å². The minimum atomic E-state index is -4.53. The van der Waals surface area contributed by atoms with Gasteiger partial charge in [-0.25, -0.2) is 9.41 Å². The van der Waals surface area contributed by atoms with Crippen molar-refractivity contribution in [3.63, 3.8) is 0 Å². The van der Waals surface area contributed by atoms with Crippen LogP contribution < -0.4 is 4.57 Å². The fourth-order valence-corrected chi connectivity index (χ4v) is 3.06. The van der Waals surface area contributed by atoms with Crippen LogP contribution >= 0.6 is 0 Å². The number of aryl methyl sites for hydroxylation is 1. The smallest absolute Gasteiger partial charge is 0.238 e. The van der Waals surface area contributed by atoms with E-state index in [0.717, 1.165) is 17.3 Å². The molecule has 3 nitrogen and oxygen atoms in total. The monoisotopic (exact) mass is 358 g/mol. The highest BCUT2D eigenvalue weighted by Crippen LogP contribution is 2.37. The molecule has 1 heterocycles. The standard InChI is InChI=1S/C20H19F3N3/c1-19(2,3)13-7-6-8-15(9-13)26-12-25(5)18-16(20(21,22)23)10-14(24-4)11-17(18)26/h6-12H,1-3,5H3/q+1. The molecular weight excluding hydrogens is 339 g/mol. The molecule has 3 rings (SSSR count). The summed E-state index contributed by atoms with van der Waals surface area (Å²) in [7, 11) is 1.58. The van der Waals surface area contributed by atoms with Crippen molar-refractivity contribution in [3.8, 4) is 5.69 Å². The lowest BCUT2D eigenvalue weighted by atomic mass is 9.87. The van der Waals surface area contributed by atoms with Crippen molar-refractivity contribution in [2.24, 2.45) is 7.05 Å². The van der Waals surface area contributed by atoms with E-state index in [4.69, 9.17) is 6.57 Å². The Kier molecular flexibility index (Phi) is 4.06. The van der Waals surface area contributed by atoms with Gasteiger partial charge in [0.25, 0.3) is 0 Å². The minimum absolute atomic E-state index is 0.0308.